The van der Waals surface area contributed by atoms with Crippen molar-refractivity contribution in [2.75, 3.05) is 31.1 Å². The molecule has 1 rings (SSSR count). The van der Waals surface area contributed by atoms with E-state index < -0.39 is 22.0 Å². The first-order valence-corrected chi connectivity index (χ1v) is 7.54. The van der Waals surface area contributed by atoms with Crippen LogP contribution in [0.15, 0.2) is 0 Å². The Morgan fingerprint density at radius 1 is 1.62 bits per heavy atom. The maximum atomic E-state index is 11.8. The number of carbonyl (C=O) groups is 1. The maximum absolute atomic E-state index is 11.8. The van der Waals surface area contributed by atoms with Gasteiger partial charge in [-0.05, 0) is 6.42 Å². The molecule has 1 N–H and O–H groups in total. The molecule has 1 saturated heterocycles. The Morgan fingerprint density at radius 3 is 2.88 bits per heavy atom. The second-order valence-corrected chi connectivity index (χ2v) is 6.44. The summed E-state index contributed by atoms with van der Waals surface area (Å²) in [5.74, 6) is -0.601. The number of ether oxygens (including phenoxy) is 1. The quantitative estimate of drug-likeness (QED) is 0.673. The minimum absolute atomic E-state index is 0.0643. The summed E-state index contributed by atoms with van der Waals surface area (Å²) in [5.41, 5.74) is 0. The first kappa shape index (κ1) is 13.8. The number of sulfonamides is 1. The number of aliphatic carboxylic acids is 1. The minimum atomic E-state index is -3.47. The van der Waals surface area contributed by atoms with Crippen LogP contribution >= 0.6 is 11.8 Å². The molecule has 0 aliphatic carbocycles. The zero-order valence-electron chi connectivity index (χ0n) is 8.96. The van der Waals surface area contributed by atoms with Gasteiger partial charge in [-0.15, -0.1) is 11.8 Å². The fourth-order valence-corrected chi connectivity index (χ4v) is 4.64. The Balaban J connectivity index is 2.63. The number of carboxylic acid groups (broad SMARTS) is 1. The molecule has 1 heterocycles. The highest BCUT2D eigenvalue weighted by molar-refractivity contribution is 8.00. The minimum Gasteiger partial charge on any atom is -0.480 e. The van der Waals surface area contributed by atoms with Gasteiger partial charge in [-0.25, -0.2) is 8.42 Å². The highest BCUT2D eigenvalue weighted by Gasteiger charge is 2.38. The van der Waals surface area contributed by atoms with Crippen LogP contribution in [-0.4, -0.2) is 60.9 Å². The van der Waals surface area contributed by atoms with Gasteiger partial charge in [-0.1, -0.05) is 0 Å². The van der Waals surface area contributed by atoms with E-state index in [1.165, 1.54) is 18.9 Å². The van der Waals surface area contributed by atoms with E-state index in [2.05, 4.69) is 0 Å². The van der Waals surface area contributed by atoms with Crippen molar-refractivity contribution in [1.82, 2.24) is 4.31 Å². The van der Waals surface area contributed by atoms with Crippen LogP contribution in [0.4, 0.5) is 0 Å². The van der Waals surface area contributed by atoms with Crippen molar-refractivity contribution in [3.63, 3.8) is 0 Å². The highest BCUT2D eigenvalue weighted by Crippen LogP contribution is 2.24. The lowest BCUT2D eigenvalue weighted by molar-refractivity contribution is -0.140. The topological polar surface area (TPSA) is 83.9 Å². The smallest absolute Gasteiger partial charge is 0.322 e. The summed E-state index contributed by atoms with van der Waals surface area (Å²) in [6, 6.07) is -0.919. The van der Waals surface area contributed by atoms with Gasteiger partial charge in [0.25, 0.3) is 0 Å². The average Bonchev–Trinajstić information content (AvgIpc) is 2.66. The number of thioether (sulfide) groups is 1. The summed E-state index contributed by atoms with van der Waals surface area (Å²) in [6.07, 6.45) is 0.381. The Kier molecular flexibility index (Phi) is 5.03. The molecule has 1 atom stereocenters. The Labute approximate surface area is 99.0 Å². The molecule has 8 heteroatoms. The van der Waals surface area contributed by atoms with Crippen LogP contribution in [0.5, 0.6) is 0 Å². The standard InChI is InChI=1S/C8H15NO5S2/c1-14-3-2-4-16(12,13)9-6-15-5-7(9)8(10)11/h7H,2-6H2,1H3,(H,10,11)/t7-/m0/s1. The van der Waals surface area contributed by atoms with E-state index in [-0.39, 0.29) is 11.6 Å². The van der Waals surface area contributed by atoms with Crippen molar-refractivity contribution < 1.29 is 23.1 Å². The van der Waals surface area contributed by atoms with Gasteiger partial charge in [0.2, 0.25) is 10.0 Å². The summed E-state index contributed by atoms with van der Waals surface area (Å²) >= 11 is 1.32. The van der Waals surface area contributed by atoms with Gasteiger partial charge in [-0.2, -0.15) is 4.31 Å². The molecule has 0 amide bonds. The molecule has 0 saturated carbocycles. The number of carboxylic acids is 1. The average molecular weight is 269 g/mol. The van der Waals surface area contributed by atoms with Crippen molar-refractivity contribution >= 4 is 27.8 Å². The van der Waals surface area contributed by atoms with Crippen molar-refractivity contribution in [2.45, 2.75) is 12.5 Å². The summed E-state index contributed by atoms with van der Waals surface area (Å²) in [5, 5.41) is 8.87. The molecular formula is C8H15NO5S2. The maximum Gasteiger partial charge on any atom is 0.322 e. The van der Waals surface area contributed by atoms with Crippen LogP contribution in [0, 0.1) is 0 Å². The largest absolute Gasteiger partial charge is 0.480 e. The predicted molar refractivity (Wildman–Crippen MR) is 60.9 cm³/mol. The van der Waals surface area contributed by atoms with E-state index in [4.69, 9.17) is 9.84 Å². The number of hydrogen-bond acceptors (Lipinski definition) is 5. The monoisotopic (exact) mass is 269 g/mol. The third-order valence-electron chi connectivity index (χ3n) is 2.23. The molecule has 6 nitrogen and oxygen atoms in total. The fraction of sp³-hybridized carbons (Fsp3) is 0.875. The van der Waals surface area contributed by atoms with Crippen LogP contribution < -0.4 is 0 Å². The van der Waals surface area contributed by atoms with Gasteiger partial charge < -0.3 is 9.84 Å². The van der Waals surface area contributed by atoms with E-state index in [1.807, 2.05) is 0 Å². The molecule has 0 aromatic heterocycles. The van der Waals surface area contributed by atoms with Crippen molar-refractivity contribution in [3.05, 3.63) is 0 Å². The normalized spacial score (nSPS) is 22.4. The molecule has 0 spiro atoms. The Bertz CT molecular complexity index is 342. The molecule has 1 fully saturated rings. The molecule has 94 valence electrons. The number of rotatable bonds is 6. The molecule has 1 aliphatic rings. The van der Waals surface area contributed by atoms with Gasteiger partial charge in [0.05, 0.1) is 11.6 Å². The first-order valence-electron chi connectivity index (χ1n) is 4.78. The molecule has 0 aromatic rings. The zero-order valence-corrected chi connectivity index (χ0v) is 10.6. The van der Waals surface area contributed by atoms with Crippen LogP contribution in [0.3, 0.4) is 0 Å². The fourth-order valence-electron chi connectivity index (χ4n) is 1.40. The van der Waals surface area contributed by atoms with E-state index in [0.29, 0.717) is 18.8 Å². The number of methoxy groups -OCH3 is 1. The highest BCUT2D eigenvalue weighted by atomic mass is 32.2. The van der Waals surface area contributed by atoms with Crippen LogP contribution in [-0.2, 0) is 19.6 Å². The van der Waals surface area contributed by atoms with E-state index in [1.54, 1.807) is 0 Å². The third-order valence-corrected chi connectivity index (χ3v) is 5.31. The molecule has 0 unspecified atom stereocenters. The van der Waals surface area contributed by atoms with Gasteiger partial charge in [-0.3, -0.25) is 4.79 Å². The second-order valence-electron chi connectivity index (χ2n) is 3.40. The van der Waals surface area contributed by atoms with Crippen LogP contribution in [0.25, 0.3) is 0 Å². The zero-order chi connectivity index (χ0) is 12.2. The summed E-state index contributed by atoms with van der Waals surface area (Å²) in [6.45, 7) is 0.359. The molecular weight excluding hydrogens is 254 g/mol. The SMILES string of the molecule is COCCCS(=O)(=O)N1CSC[C@H]1C(=O)O. The van der Waals surface area contributed by atoms with Gasteiger partial charge in [0.15, 0.2) is 0 Å². The van der Waals surface area contributed by atoms with E-state index in [9.17, 15) is 13.2 Å². The van der Waals surface area contributed by atoms with Crippen molar-refractivity contribution in [1.29, 1.82) is 0 Å². The first-order chi connectivity index (χ1) is 7.49. The van der Waals surface area contributed by atoms with Crippen molar-refractivity contribution in [3.8, 4) is 0 Å². The van der Waals surface area contributed by atoms with E-state index in [0.717, 1.165) is 4.31 Å². The lowest BCUT2D eigenvalue weighted by Gasteiger charge is -2.19. The molecule has 16 heavy (non-hydrogen) atoms. The Morgan fingerprint density at radius 2 is 2.31 bits per heavy atom. The Hall–Kier alpha value is -0.310. The third kappa shape index (κ3) is 3.34. The number of hydrogen-bond donors (Lipinski definition) is 1. The lowest BCUT2D eigenvalue weighted by Crippen LogP contribution is -2.42. The van der Waals surface area contributed by atoms with Gasteiger partial charge in [0.1, 0.15) is 6.04 Å². The molecule has 1 aliphatic heterocycles. The lowest BCUT2D eigenvalue weighted by atomic mass is 10.4. The summed E-state index contributed by atoms with van der Waals surface area (Å²) in [7, 11) is -1.98. The van der Waals surface area contributed by atoms with Crippen LogP contribution in [0.1, 0.15) is 6.42 Å². The predicted octanol–water partition coefficient (Wildman–Crippen LogP) is -0.188. The summed E-state index contributed by atoms with van der Waals surface area (Å²) in [4.78, 5) is 10.8. The van der Waals surface area contributed by atoms with Gasteiger partial charge in [0, 0.05) is 19.5 Å². The van der Waals surface area contributed by atoms with Crippen LogP contribution in [0.2, 0.25) is 0 Å². The molecule has 0 aromatic carbocycles. The number of nitrogens with zero attached hydrogens (tertiary/aromatic N) is 1. The van der Waals surface area contributed by atoms with E-state index >= 15 is 0 Å². The molecule has 0 radical (unpaired) electrons. The second kappa shape index (κ2) is 5.85. The van der Waals surface area contributed by atoms with Gasteiger partial charge >= 0.3 is 5.97 Å². The van der Waals surface area contributed by atoms with Crippen molar-refractivity contribution in [2.24, 2.45) is 0 Å². The molecule has 0 bridgehead atoms. The summed E-state index contributed by atoms with van der Waals surface area (Å²) < 4.78 is 29.5.